The quantitative estimate of drug-likeness (QED) is 0.781. The summed E-state index contributed by atoms with van der Waals surface area (Å²) in [5.74, 6) is -1.16. The molecule has 1 saturated heterocycles. The largest absolute Gasteiger partial charge is 0.480 e. The highest BCUT2D eigenvalue weighted by atomic mass is 16.5. The number of piperidine rings is 1. The molecule has 0 aromatic rings. The summed E-state index contributed by atoms with van der Waals surface area (Å²) in [4.78, 5) is 36.6. The van der Waals surface area contributed by atoms with E-state index in [0.717, 1.165) is 6.42 Å². The van der Waals surface area contributed by atoms with Crippen LogP contribution in [0.4, 0.5) is 4.79 Å². The molecule has 112 valence electrons. The maximum atomic E-state index is 12.6. The number of hydrogen-bond donors (Lipinski definition) is 2. The number of aliphatic carboxylic acids is 1. The van der Waals surface area contributed by atoms with Crippen molar-refractivity contribution in [3.63, 3.8) is 0 Å². The van der Waals surface area contributed by atoms with Crippen LogP contribution in [0.25, 0.3) is 0 Å². The van der Waals surface area contributed by atoms with Crippen molar-refractivity contribution in [3.05, 3.63) is 0 Å². The number of rotatable bonds is 4. The molecule has 7 nitrogen and oxygen atoms in total. The number of hydrogen-bond acceptors (Lipinski definition) is 4. The number of nitrogens with zero attached hydrogens (tertiary/aromatic N) is 1. The van der Waals surface area contributed by atoms with Gasteiger partial charge in [0.1, 0.15) is 12.1 Å². The Hall–Kier alpha value is -1.79. The summed E-state index contributed by atoms with van der Waals surface area (Å²) in [5, 5.41) is 11.7. The third-order valence-corrected chi connectivity index (χ3v) is 4.04. The van der Waals surface area contributed by atoms with Crippen LogP contribution in [0, 0.1) is 11.8 Å². The number of carbonyl (C=O) groups is 3. The molecular weight excluding hydrogens is 264 g/mol. The predicted molar refractivity (Wildman–Crippen MR) is 68.9 cm³/mol. The maximum absolute atomic E-state index is 12.6. The van der Waals surface area contributed by atoms with Gasteiger partial charge in [-0.2, -0.15) is 0 Å². The summed E-state index contributed by atoms with van der Waals surface area (Å²) in [6.45, 7) is 3.60. The summed E-state index contributed by atoms with van der Waals surface area (Å²) < 4.78 is 4.52. The van der Waals surface area contributed by atoms with Crippen molar-refractivity contribution in [2.75, 3.05) is 7.11 Å². The smallest absolute Gasteiger partial charge is 0.407 e. The minimum Gasteiger partial charge on any atom is -0.480 e. The van der Waals surface area contributed by atoms with Crippen LogP contribution in [-0.4, -0.2) is 53.2 Å². The van der Waals surface area contributed by atoms with Gasteiger partial charge in [0, 0.05) is 6.04 Å². The third-order valence-electron chi connectivity index (χ3n) is 4.04. The van der Waals surface area contributed by atoms with Gasteiger partial charge in [0.2, 0.25) is 5.91 Å². The highest BCUT2D eigenvalue weighted by Gasteiger charge is 2.57. The normalized spacial score (nSPS) is 28.8. The van der Waals surface area contributed by atoms with Gasteiger partial charge < -0.3 is 20.1 Å². The summed E-state index contributed by atoms with van der Waals surface area (Å²) in [5.41, 5.74) is 0. The monoisotopic (exact) mass is 284 g/mol. The van der Waals surface area contributed by atoms with Crippen molar-refractivity contribution in [2.45, 2.75) is 44.8 Å². The average Bonchev–Trinajstić information content (AvgIpc) is 3.05. The molecule has 0 radical (unpaired) electrons. The molecule has 0 aromatic heterocycles. The van der Waals surface area contributed by atoms with Crippen LogP contribution in [0.2, 0.25) is 0 Å². The fourth-order valence-electron chi connectivity index (χ4n) is 2.85. The summed E-state index contributed by atoms with van der Waals surface area (Å²) in [6.07, 6.45) is 0.684. The molecular formula is C13H20N2O5. The van der Waals surface area contributed by atoms with Crippen LogP contribution in [0.15, 0.2) is 0 Å². The minimum absolute atomic E-state index is 0.0179. The Morgan fingerprint density at radius 3 is 2.45 bits per heavy atom. The van der Waals surface area contributed by atoms with E-state index in [-0.39, 0.29) is 17.9 Å². The molecule has 2 fully saturated rings. The van der Waals surface area contributed by atoms with E-state index in [0.29, 0.717) is 12.3 Å². The molecule has 1 heterocycles. The molecule has 1 aliphatic heterocycles. The van der Waals surface area contributed by atoms with E-state index < -0.39 is 24.1 Å². The number of carboxylic acid groups (broad SMARTS) is 1. The number of likely N-dealkylation sites (tertiary alicyclic amines) is 1. The summed E-state index contributed by atoms with van der Waals surface area (Å²) >= 11 is 0. The molecule has 20 heavy (non-hydrogen) atoms. The second-order valence-corrected chi connectivity index (χ2v) is 5.76. The Balaban J connectivity index is 2.14. The summed E-state index contributed by atoms with van der Waals surface area (Å²) in [6, 6.07) is -1.51. The fraction of sp³-hybridized carbons (Fsp3) is 0.769. The lowest BCUT2D eigenvalue weighted by atomic mass is 10.0. The first kappa shape index (κ1) is 14.6. The molecule has 0 bridgehead atoms. The maximum Gasteiger partial charge on any atom is 0.407 e. The second kappa shape index (κ2) is 5.30. The topological polar surface area (TPSA) is 95.9 Å². The van der Waals surface area contributed by atoms with Crippen molar-refractivity contribution in [3.8, 4) is 0 Å². The van der Waals surface area contributed by atoms with Crippen molar-refractivity contribution in [2.24, 2.45) is 11.8 Å². The molecule has 4 atom stereocenters. The first-order valence-electron chi connectivity index (χ1n) is 6.76. The van der Waals surface area contributed by atoms with Crippen molar-refractivity contribution < 1.29 is 24.2 Å². The molecule has 7 heteroatoms. The van der Waals surface area contributed by atoms with Gasteiger partial charge in [-0.25, -0.2) is 9.59 Å². The Morgan fingerprint density at radius 1 is 1.30 bits per heavy atom. The molecule has 2 amide bonds. The van der Waals surface area contributed by atoms with Crippen LogP contribution < -0.4 is 5.32 Å². The van der Waals surface area contributed by atoms with Crippen LogP contribution in [0.3, 0.4) is 0 Å². The van der Waals surface area contributed by atoms with E-state index in [1.165, 1.54) is 12.0 Å². The van der Waals surface area contributed by atoms with Crippen molar-refractivity contribution >= 4 is 18.0 Å². The SMILES string of the molecule is COC(=O)N[C@H](C(=O)N1C(C(=O)O)CC2CC21)C(C)C. The Labute approximate surface area is 117 Å². The van der Waals surface area contributed by atoms with E-state index in [1.54, 1.807) is 13.8 Å². The van der Waals surface area contributed by atoms with E-state index in [1.807, 2.05) is 0 Å². The highest BCUT2D eigenvalue weighted by Crippen LogP contribution is 2.48. The number of ether oxygens (including phenoxy) is 1. The Kier molecular flexibility index (Phi) is 3.87. The molecule has 2 rings (SSSR count). The molecule has 2 N–H and O–H groups in total. The number of amides is 2. The zero-order valence-corrected chi connectivity index (χ0v) is 11.8. The Morgan fingerprint density at radius 2 is 1.95 bits per heavy atom. The predicted octanol–water partition coefficient (Wildman–Crippen LogP) is 0.441. The van der Waals surface area contributed by atoms with Gasteiger partial charge in [-0.3, -0.25) is 4.79 Å². The number of methoxy groups -OCH3 is 1. The van der Waals surface area contributed by atoms with Crippen LogP contribution in [-0.2, 0) is 14.3 Å². The van der Waals surface area contributed by atoms with Gasteiger partial charge >= 0.3 is 12.1 Å². The van der Waals surface area contributed by atoms with Gasteiger partial charge in [-0.1, -0.05) is 13.8 Å². The zero-order valence-electron chi connectivity index (χ0n) is 11.8. The van der Waals surface area contributed by atoms with Gasteiger partial charge in [0.15, 0.2) is 0 Å². The Bertz CT molecular complexity index is 436. The molecule has 3 unspecified atom stereocenters. The number of carbonyl (C=O) groups excluding carboxylic acids is 2. The van der Waals surface area contributed by atoms with E-state index in [9.17, 15) is 19.5 Å². The number of alkyl carbamates (subject to hydrolysis) is 1. The van der Waals surface area contributed by atoms with Crippen LogP contribution in [0.5, 0.6) is 0 Å². The van der Waals surface area contributed by atoms with Crippen LogP contribution >= 0.6 is 0 Å². The van der Waals surface area contributed by atoms with Crippen molar-refractivity contribution in [1.29, 1.82) is 0 Å². The molecule has 0 aromatic carbocycles. The molecule has 1 saturated carbocycles. The third kappa shape index (κ3) is 2.57. The van der Waals surface area contributed by atoms with Gasteiger partial charge in [0.05, 0.1) is 7.11 Å². The van der Waals surface area contributed by atoms with E-state index >= 15 is 0 Å². The lowest BCUT2D eigenvalue weighted by Crippen LogP contribution is -2.54. The number of fused-ring (bicyclic) bond motifs is 1. The number of nitrogens with one attached hydrogen (secondary N) is 1. The second-order valence-electron chi connectivity index (χ2n) is 5.76. The highest BCUT2D eigenvalue weighted by molar-refractivity contribution is 5.90. The first-order chi connectivity index (χ1) is 9.36. The summed E-state index contributed by atoms with van der Waals surface area (Å²) in [7, 11) is 1.23. The minimum atomic E-state index is -0.980. The van der Waals surface area contributed by atoms with Crippen LogP contribution in [0.1, 0.15) is 26.7 Å². The standard InChI is InChI=1S/C13H20N2O5/c1-6(2)10(14-13(19)20-3)11(16)15-8-4-7(8)5-9(15)12(17)18/h6-10H,4-5H2,1-3H3,(H,14,19)(H,17,18)/t7?,8?,9?,10-/m0/s1. The molecule has 0 spiro atoms. The average molecular weight is 284 g/mol. The fourth-order valence-corrected chi connectivity index (χ4v) is 2.85. The van der Waals surface area contributed by atoms with Gasteiger partial charge in [-0.05, 0) is 24.7 Å². The molecule has 2 aliphatic rings. The number of carboxylic acids is 1. The lowest BCUT2D eigenvalue weighted by Gasteiger charge is -2.30. The molecule has 1 aliphatic carbocycles. The zero-order chi connectivity index (χ0) is 15.0. The first-order valence-corrected chi connectivity index (χ1v) is 6.76. The van der Waals surface area contributed by atoms with Gasteiger partial charge in [0.25, 0.3) is 0 Å². The lowest BCUT2D eigenvalue weighted by molar-refractivity contribution is -0.150. The van der Waals surface area contributed by atoms with Gasteiger partial charge in [-0.15, -0.1) is 0 Å². The van der Waals surface area contributed by atoms with Crippen molar-refractivity contribution in [1.82, 2.24) is 10.2 Å². The van der Waals surface area contributed by atoms with E-state index in [2.05, 4.69) is 10.1 Å². The van der Waals surface area contributed by atoms with E-state index in [4.69, 9.17) is 0 Å².